The molecule has 0 saturated carbocycles. The van der Waals surface area contributed by atoms with Crippen LogP contribution < -0.4 is 5.32 Å². The summed E-state index contributed by atoms with van der Waals surface area (Å²) in [7, 11) is 2.82. The highest BCUT2D eigenvalue weighted by atomic mass is 31.0. The van der Waals surface area contributed by atoms with Gasteiger partial charge in [0.25, 0.3) is 0 Å². The van der Waals surface area contributed by atoms with Gasteiger partial charge in [-0.25, -0.2) is 0 Å². The van der Waals surface area contributed by atoms with Gasteiger partial charge in [-0.15, -0.1) is 9.24 Å². The van der Waals surface area contributed by atoms with E-state index in [4.69, 9.17) is 0 Å². The molecule has 11 heavy (non-hydrogen) atoms. The van der Waals surface area contributed by atoms with E-state index in [9.17, 15) is 0 Å². The molecule has 0 fully saturated rings. The highest BCUT2D eigenvalue weighted by Crippen LogP contribution is 2.18. The van der Waals surface area contributed by atoms with E-state index < -0.39 is 0 Å². The predicted octanol–water partition coefficient (Wildman–Crippen LogP) is 1.53. The van der Waals surface area contributed by atoms with Crippen LogP contribution in [-0.2, 0) is 13.0 Å². The van der Waals surface area contributed by atoms with Crippen LogP contribution >= 0.6 is 9.24 Å². The molecular formula is C9H12NP. The summed E-state index contributed by atoms with van der Waals surface area (Å²) < 4.78 is 0. The molecule has 2 atom stereocenters. The van der Waals surface area contributed by atoms with Crippen molar-refractivity contribution in [3.05, 3.63) is 35.4 Å². The second kappa shape index (κ2) is 2.92. The van der Waals surface area contributed by atoms with E-state index in [2.05, 4.69) is 38.8 Å². The van der Waals surface area contributed by atoms with Crippen molar-refractivity contribution in [2.75, 3.05) is 0 Å². The molecule has 2 heteroatoms. The van der Waals surface area contributed by atoms with Crippen molar-refractivity contribution in [3.63, 3.8) is 0 Å². The highest BCUT2D eigenvalue weighted by molar-refractivity contribution is 7.17. The molecule has 1 aliphatic heterocycles. The third-order valence-electron chi connectivity index (χ3n) is 2.11. The molecule has 0 amide bonds. The minimum absolute atomic E-state index is 0.560. The van der Waals surface area contributed by atoms with Crippen LogP contribution in [0.5, 0.6) is 0 Å². The lowest BCUT2D eigenvalue weighted by Gasteiger charge is -2.22. The van der Waals surface area contributed by atoms with Gasteiger partial charge in [-0.2, -0.15) is 0 Å². The summed E-state index contributed by atoms with van der Waals surface area (Å²) in [5.74, 6) is 0.560. The van der Waals surface area contributed by atoms with E-state index in [-0.39, 0.29) is 0 Å². The van der Waals surface area contributed by atoms with Crippen molar-refractivity contribution < 1.29 is 0 Å². The van der Waals surface area contributed by atoms with Crippen molar-refractivity contribution in [2.45, 2.75) is 18.7 Å². The molecule has 58 valence electrons. The van der Waals surface area contributed by atoms with E-state index in [1.54, 1.807) is 0 Å². The molecule has 0 saturated heterocycles. The molecule has 1 nitrogen and oxygen atoms in total. The maximum atomic E-state index is 3.40. The molecule has 2 rings (SSSR count). The minimum atomic E-state index is 0.560. The lowest BCUT2D eigenvalue weighted by Crippen LogP contribution is -2.30. The van der Waals surface area contributed by atoms with Gasteiger partial charge in [0.15, 0.2) is 0 Å². The molecule has 0 aromatic heterocycles. The summed E-state index contributed by atoms with van der Waals surface area (Å²) in [5.41, 5.74) is 2.94. The number of benzene rings is 1. The Morgan fingerprint density at radius 3 is 2.82 bits per heavy atom. The SMILES string of the molecule is PC1Cc2ccccc2CN1. The van der Waals surface area contributed by atoms with Crippen LogP contribution in [0.15, 0.2) is 24.3 Å². The molecule has 1 aliphatic rings. The first kappa shape index (κ1) is 7.27. The van der Waals surface area contributed by atoms with Crippen LogP contribution in [0.25, 0.3) is 0 Å². The number of fused-ring (bicyclic) bond motifs is 1. The average Bonchev–Trinajstić information content (AvgIpc) is 2.04. The van der Waals surface area contributed by atoms with E-state index in [1.165, 1.54) is 11.1 Å². The van der Waals surface area contributed by atoms with Crippen LogP contribution in [0.3, 0.4) is 0 Å². The fourth-order valence-corrected chi connectivity index (χ4v) is 1.85. The maximum absolute atomic E-state index is 3.40. The van der Waals surface area contributed by atoms with Gasteiger partial charge in [0, 0.05) is 12.3 Å². The second-order valence-electron chi connectivity index (χ2n) is 2.96. The van der Waals surface area contributed by atoms with Crippen molar-refractivity contribution in [3.8, 4) is 0 Å². The molecule has 0 bridgehead atoms. The summed E-state index contributed by atoms with van der Waals surface area (Å²) in [4.78, 5) is 0. The van der Waals surface area contributed by atoms with Crippen molar-refractivity contribution in [2.24, 2.45) is 0 Å². The molecule has 1 aromatic carbocycles. The van der Waals surface area contributed by atoms with Gasteiger partial charge in [-0.05, 0) is 17.5 Å². The van der Waals surface area contributed by atoms with Crippen molar-refractivity contribution >= 4 is 9.24 Å². The first-order chi connectivity index (χ1) is 5.36. The normalized spacial score (nSPS) is 22.8. The van der Waals surface area contributed by atoms with Gasteiger partial charge >= 0.3 is 0 Å². The van der Waals surface area contributed by atoms with Crippen LogP contribution in [0, 0.1) is 0 Å². The smallest absolute Gasteiger partial charge is 0.0254 e. The molecular weight excluding hydrogens is 153 g/mol. The molecule has 1 heterocycles. The Hall–Kier alpha value is -0.390. The number of hydrogen-bond donors (Lipinski definition) is 1. The third-order valence-corrected chi connectivity index (χ3v) is 2.58. The summed E-state index contributed by atoms with van der Waals surface area (Å²) >= 11 is 0. The Labute approximate surface area is 69.4 Å². The first-order valence-corrected chi connectivity index (χ1v) is 4.58. The van der Waals surface area contributed by atoms with Gasteiger partial charge in [0.2, 0.25) is 0 Å². The number of rotatable bonds is 0. The Balaban J connectivity index is 2.34. The third kappa shape index (κ3) is 1.45. The maximum Gasteiger partial charge on any atom is 0.0254 e. The van der Waals surface area contributed by atoms with E-state index in [1.807, 2.05) is 0 Å². The van der Waals surface area contributed by atoms with E-state index >= 15 is 0 Å². The van der Waals surface area contributed by atoms with E-state index in [0.29, 0.717) is 5.78 Å². The Morgan fingerprint density at radius 2 is 2.00 bits per heavy atom. The lowest BCUT2D eigenvalue weighted by atomic mass is 10.0. The second-order valence-corrected chi connectivity index (χ2v) is 3.76. The van der Waals surface area contributed by atoms with Gasteiger partial charge in [0.1, 0.15) is 0 Å². The zero-order valence-electron chi connectivity index (χ0n) is 6.38. The van der Waals surface area contributed by atoms with Gasteiger partial charge in [0.05, 0.1) is 0 Å². The molecule has 0 spiro atoms. The van der Waals surface area contributed by atoms with Crippen molar-refractivity contribution in [1.29, 1.82) is 0 Å². The molecule has 0 aliphatic carbocycles. The zero-order chi connectivity index (χ0) is 7.68. The van der Waals surface area contributed by atoms with Crippen LogP contribution in [-0.4, -0.2) is 5.78 Å². The van der Waals surface area contributed by atoms with Gasteiger partial charge in [-0.1, -0.05) is 24.3 Å². The van der Waals surface area contributed by atoms with Crippen LogP contribution in [0.4, 0.5) is 0 Å². The van der Waals surface area contributed by atoms with Gasteiger partial charge in [-0.3, -0.25) is 0 Å². The Bertz CT molecular complexity index is 259. The number of hydrogen-bond acceptors (Lipinski definition) is 1. The van der Waals surface area contributed by atoms with Crippen LogP contribution in [0.2, 0.25) is 0 Å². The first-order valence-electron chi connectivity index (χ1n) is 3.92. The Kier molecular flexibility index (Phi) is 1.93. The highest BCUT2D eigenvalue weighted by Gasteiger charge is 2.12. The predicted molar refractivity (Wildman–Crippen MR) is 50.5 cm³/mol. The molecule has 1 aromatic rings. The monoisotopic (exact) mass is 165 g/mol. The Morgan fingerprint density at radius 1 is 1.27 bits per heavy atom. The topological polar surface area (TPSA) is 12.0 Å². The van der Waals surface area contributed by atoms with E-state index in [0.717, 1.165) is 13.0 Å². The van der Waals surface area contributed by atoms with Crippen molar-refractivity contribution in [1.82, 2.24) is 5.32 Å². The summed E-state index contributed by atoms with van der Waals surface area (Å²) in [6.45, 7) is 1.02. The molecule has 1 N–H and O–H groups in total. The molecule has 2 unspecified atom stereocenters. The largest absolute Gasteiger partial charge is 0.306 e. The fraction of sp³-hybridized carbons (Fsp3) is 0.333. The lowest BCUT2D eigenvalue weighted by molar-refractivity contribution is 0.605. The standard InChI is InChI=1S/C9H12NP/c11-9-5-7-3-1-2-4-8(7)6-10-9/h1-4,9-10H,5-6,11H2. The number of nitrogens with one attached hydrogen (secondary N) is 1. The van der Waals surface area contributed by atoms with Crippen LogP contribution in [0.1, 0.15) is 11.1 Å². The fourth-order valence-electron chi connectivity index (χ4n) is 1.48. The van der Waals surface area contributed by atoms with Gasteiger partial charge < -0.3 is 5.32 Å². The molecule has 0 radical (unpaired) electrons. The zero-order valence-corrected chi connectivity index (χ0v) is 7.53. The summed E-state index contributed by atoms with van der Waals surface area (Å²) in [6.07, 6.45) is 1.14. The summed E-state index contributed by atoms with van der Waals surface area (Å²) in [5, 5.41) is 3.40. The quantitative estimate of drug-likeness (QED) is 0.575. The summed E-state index contributed by atoms with van der Waals surface area (Å²) in [6, 6.07) is 8.62. The minimum Gasteiger partial charge on any atom is -0.306 e. The average molecular weight is 165 g/mol.